The van der Waals surface area contributed by atoms with Gasteiger partial charge in [-0.05, 0) is 24.6 Å². The van der Waals surface area contributed by atoms with Gasteiger partial charge in [-0.3, -0.25) is 9.69 Å². The molecule has 1 aromatic carbocycles. The number of nitrogens with zero attached hydrogens (tertiary/aromatic N) is 5. The quantitative estimate of drug-likeness (QED) is 0.493. The highest BCUT2D eigenvalue weighted by molar-refractivity contribution is 7.13. The van der Waals surface area contributed by atoms with Crippen LogP contribution in [0.25, 0.3) is 22.1 Å². The van der Waals surface area contributed by atoms with Crippen molar-refractivity contribution in [3.05, 3.63) is 51.9 Å². The summed E-state index contributed by atoms with van der Waals surface area (Å²) in [5, 5.41) is 2.52. The fourth-order valence-electron chi connectivity index (χ4n) is 4.77. The Hall–Kier alpha value is -2.95. The average molecular weight is 502 g/mol. The Balaban J connectivity index is 1.62. The second-order valence-electron chi connectivity index (χ2n) is 8.31. The van der Waals surface area contributed by atoms with Crippen LogP contribution in [0.4, 0.5) is 4.39 Å². The van der Waals surface area contributed by atoms with Gasteiger partial charge in [0.25, 0.3) is 0 Å². The number of halogens is 2. The van der Waals surface area contributed by atoms with Crippen LogP contribution in [-0.4, -0.2) is 68.9 Å². The molecule has 0 spiro atoms. The normalized spacial score (nSPS) is 19.6. The van der Waals surface area contributed by atoms with Gasteiger partial charge >= 0.3 is 5.97 Å². The van der Waals surface area contributed by atoms with Gasteiger partial charge in [0.15, 0.2) is 10.8 Å². The molecule has 8 nitrogen and oxygen atoms in total. The van der Waals surface area contributed by atoms with Crippen LogP contribution < -0.4 is 0 Å². The van der Waals surface area contributed by atoms with Crippen LogP contribution in [0.3, 0.4) is 0 Å². The first-order valence-corrected chi connectivity index (χ1v) is 12.0. The SMILES string of the molecule is COC(=O)c1c(CN2C[C@H]3CC2CN3C(C)=O)nc(-c2nccs2)nc1-c1ccc(F)cc1Cl. The topological polar surface area (TPSA) is 88.5 Å². The van der Waals surface area contributed by atoms with Crippen LogP contribution >= 0.6 is 22.9 Å². The summed E-state index contributed by atoms with van der Waals surface area (Å²) in [5.74, 6) is -0.678. The van der Waals surface area contributed by atoms with Gasteiger partial charge in [0.2, 0.25) is 5.91 Å². The number of fused-ring (bicyclic) bond motifs is 2. The Morgan fingerprint density at radius 2 is 2.09 bits per heavy atom. The standard InChI is InChI=1S/C23H21ClFN5O3S/c1-12(31)30-10-14-8-15(30)9-29(14)11-18-19(23(32)33-2)20(16-4-3-13(25)7-17(16)24)28-21(27-18)22-26-5-6-34-22/h3-7,14-15H,8-11H2,1-2H3/t14?,15-/m1/s1. The second kappa shape index (κ2) is 9.01. The molecule has 5 rings (SSSR count). The van der Waals surface area contributed by atoms with Crippen molar-refractivity contribution >= 4 is 34.8 Å². The maximum Gasteiger partial charge on any atom is 0.342 e. The molecule has 11 heteroatoms. The Bertz CT molecular complexity index is 1270. The molecule has 0 radical (unpaired) electrons. The number of aromatic nitrogens is 3. The third kappa shape index (κ3) is 4.06. The maximum atomic E-state index is 13.8. The number of esters is 1. The van der Waals surface area contributed by atoms with E-state index in [0.717, 1.165) is 6.42 Å². The smallest absolute Gasteiger partial charge is 0.342 e. The highest BCUT2D eigenvalue weighted by Crippen LogP contribution is 2.36. The molecule has 2 saturated heterocycles. The van der Waals surface area contributed by atoms with Crippen LogP contribution in [-0.2, 0) is 16.1 Å². The van der Waals surface area contributed by atoms with E-state index < -0.39 is 11.8 Å². The number of rotatable bonds is 5. The monoisotopic (exact) mass is 501 g/mol. The third-order valence-electron chi connectivity index (χ3n) is 6.29. The van der Waals surface area contributed by atoms with Crippen LogP contribution in [0.1, 0.15) is 29.4 Å². The van der Waals surface area contributed by atoms with Crippen molar-refractivity contribution in [3.63, 3.8) is 0 Å². The molecule has 34 heavy (non-hydrogen) atoms. The zero-order valence-corrected chi connectivity index (χ0v) is 20.1. The molecule has 4 heterocycles. The van der Waals surface area contributed by atoms with Gasteiger partial charge < -0.3 is 9.64 Å². The minimum atomic E-state index is -0.606. The molecule has 0 saturated carbocycles. The van der Waals surface area contributed by atoms with Crippen LogP contribution in [0.2, 0.25) is 5.02 Å². The van der Waals surface area contributed by atoms with Crippen molar-refractivity contribution in [2.75, 3.05) is 20.2 Å². The summed E-state index contributed by atoms with van der Waals surface area (Å²) in [6.07, 6.45) is 2.53. The van der Waals surface area contributed by atoms with Crippen molar-refractivity contribution < 1.29 is 18.7 Å². The highest BCUT2D eigenvalue weighted by Gasteiger charge is 2.44. The fourth-order valence-corrected chi connectivity index (χ4v) is 5.59. The first-order chi connectivity index (χ1) is 16.4. The molecule has 2 atom stereocenters. The van der Waals surface area contributed by atoms with E-state index in [9.17, 15) is 14.0 Å². The lowest BCUT2D eigenvalue weighted by Crippen LogP contribution is -2.47. The van der Waals surface area contributed by atoms with Crippen molar-refractivity contribution in [2.45, 2.75) is 32.0 Å². The van der Waals surface area contributed by atoms with E-state index in [1.165, 1.54) is 36.6 Å². The molecular weight excluding hydrogens is 481 g/mol. The number of hydrogen-bond acceptors (Lipinski definition) is 8. The third-order valence-corrected chi connectivity index (χ3v) is 7.38. The Morgan fingerprint density at radius 1 is 1.26 bits per heavy atom. The van der Waals surface area contributed by atoms with Gasteiger partial charge in [0.05, 0.1) is 23.5 Å². The number of likely N-dealkylation sites (tertiary alicyclic amines) is 2. The molecule has 2 aromatic heterocycles. The number of ether oxygens (including phenoxy) is 1. The van der Waals surface area contributed by atoms with Crippen LogP contribution in [0, 0.1) is 5.82 Å². The van der Waals surface area contributed by atoms with Gasteiger partial charge in [-0.25, -0.2) is 24.1 Å². The molecular formula is C23H21ClFN5O3S. The van der Waals surface area contributed by atoms with E-state index in [1.807, 2.05) is 10.3 Å². The highest BCUT2D eigenvalue weighted by atomic mass is 35.5. The van der Waals surface area contributed by atoms with E-state index in [-0.39, 0.29) is 34.3 Å². The second-order valence-corrected chi connectivity index (χ2v) is 9.62. The first-order valence-electron chi connectivity index (χ1n) is 10.7. The number of amides is 1. The van der Waals surface area contributed by atoms with Gasteiger partial charge in [0.1, 0.15) is 11.4 Å². The number of carbonyl (C=O) groups is 2. The van der Waals surface area contributed by atoms with Crippen molar-refractivity contribution in [1.29, 1.82) is 0 Å². The zero-order chi connectivity index (χ0) is 24.0. The van der Waals surface area contributed by atoms with Gasteiger partial charge in [-0.2, -0.15) is 0 Å². The van der Waals surface area contributed by atoms with Crippen molar-refractivity contribution in [2.24, 2.45) is 0 Å². The lowest BCUT2D eigenvalue weighted by atomic mass is 10.0. The number of thiazole rings is 1. The minimum absolute atomic E-state index is 0.0729. The Kier molecular flexibility index (Phi) is 6.05. The number of carbonyl (C=O) groups excluding carboxylic acids is 2. The number of benzene rings is 1. The Morgan fingerprint density at radius 3 is 2.71 bits per heavy atom. The van der Waals surface area contributed by atoms with Gasteiger partial charge in [0, 0.05) is 55.8 Å². The molecule has 1 unspecified atom stereocenters. The summed E-state index contributed by atoms with van der Waals surface area (Å²) >= 11 is 7.74. The summed E-state index contributed by atoms with van der Waals surface area (Å²) < 4.78 is 18.9. The lowest BCUT2D eigenvalue weighted by molar-refractivity contribution is -0.131. The summed E-state index contributed by atoms with van der Waals surface area (Å²) in [6, 6.07) is 4.26. The molecule has 2 bridgehead atoms. The maximum absolute atomic E-state index is 13.8. The van der Waals surface area contributed by atoms with E-state index >= 15 is 0 Å². The zero-order valence-electron chi connectivity index (χ0n) is 18.5. The van der Waals surface area contributed by atoms with E-state index in [2.05, 4.69) is 14.9 Å². The van der Waals surface area contributed by atoms with E-state index in [0.29, 0.717) is 41.7 Å². The number of hydrogen-bond donors (Lipinski definition) is 0. The summed E-state index contributed by atoms with van der Waals surface area (Å²) in [7, 11) is 1.29. The molecule has 2 aliphatic heterocycles. The molecule has 0 aliphatic carbocycles. The van der Waals surface area contributed by atoms with Crippen LogP contribution in [0.5, 0.6) is 0 Å². The molecule has 176 valence electrons. The van der Waals surface area contributed by atoms with Gasteiger partial charge in [-0.1, -0.05) is 11.6 Å². The molecule has 2 aliphatic rings. The predicted molar refractivity (Wildman–Crippen MR) is 125 cm³/mol. The van der Waals surface area contributed by atoms with Gasteiger partial charge in [-0.15, -0.1) is 11.3 Å². The number of methoxy groups -OCH3 is 1. The minimum Gasteiger partial charge on any atom is -0.465 e. The predicted octanol–water partition coefficient (Wildman–Crippen LogP) is 3.65. The average Bonchev–Trinajstić information content (AvgIpc) is 3.56. The first kappa shape index (κ1) is 22.8. The van der Waals surface area contributed by atoms with E-state index in [4.69, 9.17) is 21.3 Å². The van der Waals surface area contributed by atoms with E-state index in [1.54, 1.807) is 13.1 Å². The van der Waals surface area contributed by atoms with Crippen molar-refractivity contribution in [1.82, 2.24) is 24.8 Å². The fraction of sp³-hybridized carbons (Fsp3) is 0.348. The molecule has 2 fully saturated rings. The molecule has 1 amide bonds. The number of piperazine rings is 1. The Labute approximate surface area is 204 Å². The summed E-state index contributed by atoms with van der Waals surface area (Å²) in [6.45, 7) is 3.29. The molecule has 0 N–H and O–H groups in total. The largest absolute Gasteiger partial charge is 0.465 e. The molecule has 3 aromatic rings. The lowest BCUT2D eigenvalue weighted by Gasteiger charge is -2.33. The summed E-state index contributed by atoms with van der Waals surface area (Å²) in [4.78, 5) is 42.6. The van der Waals surface area contributed by atoms with Crippen molar-refractivity contribution in [3.8, 4) is 22.1 Å². The van der Waals surface area contributed by atoms with Crippen LogP contribution in [0.15, 0.2) is 29.8 Å². The summed E-state index contributed by atoms with van der Waals surface area (Å²) in [5.41, 5.74) is 1.32.